The standard InChI is InChI=1S/C18H38O/c1-18(2)16-14-12-10-8-6-4-3-5-7-9-11-13-15-17-19/h18-19H,3-17H2,1-2H3/i17D. The molecule has 0 aromatic carbocycles. The Morgan fingerprint density at radius 1 is 0.632 bits per heavy atom. The van der Waals surface area contributed by atoms with Gasteiger partial charge in [0.2, 0.25) is 0 Å². The van der Waals surface area contributed by atoms with Crippen LogP contribution in [0.1, 0.15) is 105 Å². The molecule has 1 unspecified atom stereocenters. The molecule has 0 saturated heterocycles. The second kappa shape index (κ2) is 16.0. The SMILES string of the molecule is [2H]C(O)CCCCCCCCCCCCCCC(C)C. The maximum Gasteiger partial charge on any atom is 0.0564 e. The molecule has 0 amide bonds. The van der Waals surface area contributed by atoms with Crippen LogP contribution in [0.25, 0.3) is 0 Å². The Morgan fingerprint density at radius 3 is 1.26 bits per heavy atom. The zero-order valence-corrected chi connectivity index (χ0v) is 13.5. The van der Waals surface area contributed by atoms with Crippen LogP contribution < -0.4 is 0 Å². The molecule has 1 atom stereocenters. The third-order valence-corrected chi connectivity index (χ3v) is 3.86. The molecule has 0 heterocycles. The van der Waals surface area contributed by atoms with Crippen molar-refractivity contribution in [2.75, 3.05) is 6.58 Å². The highest BCUT2D eigenvalue weighted by Crippen LogP contribution is 2.14. The fraction of sp³-hybridized carbons (Fsp3) is 1.00. The van der Waals surface area contributed by atoms with Crippen LogP contribution >= 0.6 is 0 Å². The van der Waals surface area contributed by atoms with E-state index < -0.39 is 6.58 Å². The van der Waals surface area contributed by atoms with Gasteiger partial charge in [-0.05, 0) is 12.3 Å². The van der Waals surface area contributed by atoms with Gasteiger partial charge in [0.25, 0.3) is 0 Å². The van der Waals surface area contributed by atoms with Gasteiger partial charge in [-0.1, -0.05) is 97.3 Å². The third kappa shape index (κ3) is 18.0. The molecule has 0 radical (unpaired) electrons. The Morgan fingerprint density at radius 2 is 0.947 bits per heavy atom. The summed E-state index contributed by atoms with van der Waals surface area (Å²) in [6, 6.07) is 0. The summed E-state index contributed by atoms with van der Waals surface area (Å²) in [6.07, 6.45) is 18.2. The molecule has 0 aromatic rings. The van der Waals surface area contributed by atoms with Crippen molar-refractivity contribution in [2.45, 2.75) is 104 Å². The van der Waals surface area contributed by atoms with Gasteiger partial charge in [0.05, 0.1) is 1.37 Å². The Bertz CT molecular complexity index is 160. The number of hydrogen-bond acceptors (Lipinski definition) is 1. The van der Waals surface area contributed by atoms with E-state index >= 15 is 0 Å². The van der Waals surface area contributed by atoms with Crippen LogP contribution in [0, 0.1) is 5.92 Å². The predicted octanol–water partition coefficient (Wildman–Crippen LogP) is 6.10. The van der Waals surface area contributed by atoms with Gasteiger partial charge in [-0.3, -0.25) is 0 Å². The van der Waals surface area contributed by atoms with Gasteiger partial charge >= 0.3 is 0 Å². The number of aliphatic hydroxyl groups excluding tert-OH is 1. The first-order valence-electron chi connectivity index (χ1n) is 9.31. The molecule has 1 N–H and O–H groups in total. The summed E-state index contributed by atoms with van der Waals surface area (Å²) in [5, 5.41) is 8.82. The molecule has 1 nitrogen and oxygen atoms in total. The second-order valence-corrected chi connectivity index (χ2v) is 6.40. The Hall–Kier alpha value is -0.0400. The highest BCUT2D eigenvalue weighted by Gasteiger charge is 1.95. The van der Waals surface area contributed by atoms with E-state index in [0.717, 1.165) is 12.3 Å². The van der Waals surface area contributed by atoms with Crippen LogP contribution in [-0.4, -0.2) is 11.7 Å². The van der Waals surface area contributed by atoms with E-state index in [2.05, 4.69) is 13.8 Å². The van der Waals surface area contributed by atoms with Gasteiger partial charge in [-0.25, -0.2) is 0 Å². The summed E-state index contributed by atoms with van der Waals surface area (Å²) in [7, 11) is 0. The summed E-state index contributed by atoms with van der Waals surface area (Å²) >= 11 is 0. The number of unbranched alkanes of at least 4 members (excludes halogenated alkanes) is 11. The van der Waals surface area contributed by atoms with Gasteiger partial charge in [-0.2, -0.15) is 0 Å². The summed E-state index contributed by atoms with van der Waals surface area (Å²) in [5.41, 5.74) is 0. The molecule has 0 fully saturated rings. The Balaban J connectivity index is 2.96. The molecule has 0 bridgehead atoms. The van der Waals surface area contributed by atoms with E-state index in [1.165, 1.54) is 77.0 Å². The number of hydrogen-bond donors (Lipinski definition) is 1. The fourth-order valence-electron chi connectivity index (χ4n) is 2.56. The summed E-state index contributed by atoms with van der Waals surface area (Å²) in [6.45, 7) is 3.78. The van der Waals surface area contributed by atoms with Crippen LogP contribution in [-0.2, 0) is 0 Å². The lowest BCUT2D eigenvalue weighted by Crippen LogP contribution is -1.87. The van der Waals surface area contributed by atoms with E-state index in [-0.39, 0.29) is 0 Å². The molecule has 116 valence electrons. The topological polar surface area (TPSA) is 20.2 Å². The highest BCUT2D eigenvalue weighted by atomic mass is 16.2. The molecular weight excluding hydrogens is 232 g/mol. The molecule has 0 aliphatic heterocycles. The lowest BCUT2D eigenvalue weighted by Gasteiger charge is -2.04. The lowest BCUT2D eigenvalue weighted by atomic mass is 10.0. The van der Waals surface area contributed by atoms with Gasteiger partial charge in [0.15, 0.2) is 0 Å². The maximum atomic E-state index is 8.82. The number of rotatable bonds is 15. The first-order valence-corrected chi connectivity index (χ1v) is 8.73. The minimum atomic E-state index is -0.851. The molecule has 0 aliphatic rings. The van der Waals surface area contributed by atoms with Crippen molar-refractivity contribution in [1.29, 1.82) is 0 Å². The average Bonchev–Trinajstić information content (AvgIpc) is 2.38. The predicted molar refractivity (Wildman–Crippen MR) is 86.6 cm³/mol. The largest absolute Gasteiger partial charge is 0.396 e. The van der Waals surface area contributed by atoms with Crippen molar-refractivity contribution in [3.8, 4) is 0 Å². The van der Waals surface area contributed by atoms with Gasteiger partial charge < -0.3 is 5.11 Å². The molecule has 19 heavy (non-hydrogen) atoms. The monoisotopic (exact) mass is 271 g/mol. The van der Waals surface area contributed by atoms with Crippen molar-refractivity contribution in [3.05, 3.63) is 0 Å². The third-order valence-electron chi connectivity index (χ3n) is 3.86. The summed E-state index contributed by atoms with van der Waals surface area (Å²) in [5.74, 6) is 0.874. The summed E-state index contributed by atoms with van der Waals surface area (Å²) in [4.78, 5) is 0. The van der Waals surface area contributed by atoms with Gasteiger partial charge in [0.1, 0.15) is 0 Å². The highest BCUT2D eigenvalue weighted by molar-refractivity contribution is 4.50. The minimum Gasteiger partial charge on any atom is -0.396 e. The molecule has 0 rings (SSSR count). The second-order valence-electron chi connectivity index (χ2n) is 6.40. The van der Waals surface area contributed by atoms with Gasteiger partial charge in [-0.15, -0.1) is 0 Å². The maximum absolute atomic E-state index is 8.82. The normalized spacial score (nSPS) is 13.8. The zero-order valence-electron chi connectivity index (χ0n) is 14.5. The number of aliphatic hydroxyl groups is 1. The molecule has 0 aliphatic carbocycles. The van der Waals surface area contributed by atoms with Crippen molar-refractivity contribution in [2.24, 2.45) is 5.92 Å². The average molecular weight is 272 g/mol. The summed E-state index contributed by atoms with van der Waals surface area (Å²) < 4.78 is 7.01. The molecule has 1 heteroatoms. The molecule has 0 spiro atoms. The van der Waals surface area contributed by atoms with Gasteiger partial charge in [0, 0.05) is 6.58 Å². The van der Waals surface area contributed by atoms with Crippen molar-refractivity contribution >= 4 is 0 Å². The zero-order chi connectivity index (χ0) is 15.1. The van der Waals surface area contributed by atoms with Crippen LogP contribution in [0.2, 0.25) is 0 Å². The van der Waals surface area contributed by atoms with Crippen LogP contribution in [0.5, 0.6) is 0 Å². The first kappa shape index (κ1) is 17.0. The van der Waals surface area contributed by atoms with Crippen LogP contribution in [0.15, 0.2) is 0 Å². The molecule has 0 saturated carbocycles. The smallest absolute Gasteiger partial charge is 0.0564 e. The van der Waals surface area contributed by atoms with E-state index in [1.807, 2.05) is 0 Å². The van der Waals surface area contributed by atoms with Crippen molar-refractivity contribution in [1.82, 2.24) is 0 Å². The molecule has 0 aromatic heterocycles. The molecular formula is C18H38O. The van der Waals surface area contributed by atoms with Crippen LogP contribution in [0.4, 0.5) is 0 Å². The van der Waals surface area contributed by atoms with Crippen LogP contribution in [0.3, 0.4) is 0 Å². The quantitative estimate of drug-likeness (QED) is 0.357. The van der Waals surface area contributed by atoms with Crippen molar-refractivity contribution in [3.63, 3.8) is 0 Å². The van der Waals surface area contributed by atoms with Crippen molar-refractivity contribution < 1.29 is 6.48 Å². The lowest BCUT2D eigenvalue weighted by molar-refractivity contribution is 0.282. The first-order chi connectivity index (χ1) is 9.63. The van der Waals surface area contributed by atoms with E-state index in [0.29, 0.717) is 6.42 Å². The Labute approximate surface area is 123 Å². The van der Waals surface area contributed by atoms with E-state index in [9.17, 15) is 0 Å². The minimum absolute atomic E-state index is 0.650. The Kier molecular flexibility index (Phi) is 14.3. The fourth-order valence-corrected chi connectivity index (χ4v) is 2.56. The van der Waals surface area contributed by atoms with E-state index in [1.54, 1.807) is 0 Å². The van der Waals surface area contributed by atoms with E-state index in [4.69, 9.17) is 6.48 Å².